The maximum Gasteiger partial charge on any atom is 0.164 e. The molecule has 0 saturated heterocycles. The monoisotopic (exact) mass is 734 g/mol. The minimum absolute atomic E-state index is 0.642. The molecule has 6 heteroatoms. The highest BCUT2D eigenvalue weighted by Crippen LogP contribution is 2.41. The van der Waals surface area contributed by atoms with Crippen molar-refractivity contribution in [3.63, 3.8) is 0 Å². The molecule has 0 bridgehead atoms. The van der Waals surface area contributed by atoms with Gasteiger partial charge in [0, 0.05) is 54.9 Å². The number of para-hydroxylation sites is 2. The zero-order valence-corrected chi connectivity index (χ0v) is 30.9. The standard InChI is InChI=1S/C51H34N4O2/c1-3-14-31(15-4-1)49-52-50(32-16-5-2-6-17-32)54-51(53-49)40-23-12-22-38-37-21-11-20-34(47(37)57-48(38)40)33-28-29-39-45(30-33)56-44-27-13-26-43(46(39)44)55-41-24-9-7-18-35(41)36-19-8-10-25-42(36)55/h1-9,11,13-22,24,26-30H,10,12,23,25H2. The summed E-state index contributed by atoms with van der Waals surface area (Å²) in [6.45, 7) is 0. The molecular formula is C51H34N4O2. The summed E-state index contributed by atoms with van der Waals surface area (Å²) in [5.41, 5.74) is 13.3. The second-order valence-electron chi connectivity index (χ2n) is 14.9. The van der Waals surface area contributed by atoms with Crippen LogP contribution in [0.4, 0.5) is 0 Å². The number of hydrogen-bond acceptors (Lipinski definition) is 5. The van der Waals surface area contributed by atoms with Crippen LogP contribution in [0.1, 0.15) is 36.3 Å². The molecule has 0 unspecified atom stereocenters. The normalized spacial score (nSPS) is 13.7. The van der Waals surface area contributed by atoms with Crippen molar-refractivity contribution in [2.24, 2.45) is 0 Å². The molecule has 57 heavy (non-hydrogen) atoms. The number of nitrogens with zero attached hydrogens (tertiary/aromatic N) is 4. The van der Waals surface area contributed by atoms with Gasteiger partial charge in [0.15, 0.2) is 17.5 Å². The van der Waals surface area contributed by atoms with Crippen molar-refractivity contribution in [1.82, 2.24) is 19.5 Å². The van der Waals surface area contributed by atoms with Gasteiger partial charge < -0.3 is 13.4 Å². The first-order chi connectivity index (χ1) is 28.3. The van der Waals surface area contributed by atoms with Crippen LogP contribution in [0, 0.1) is 0 Å². The van der Waals surface area contributed by atoms with Gasteiger partial charge in [-0.05, 0) is 61.6 Å². The summed E-state index contributed by atoms with van der Waals surface area (Å²) in [7, 11) is 0. The fraction of sp³-hybridized carbons (Fsp3) is 0.0784. The molecule has 0 amide bonds. The van der Waals surface area contributed by atoms with Gasteiger partial charge in [-0.25, -0.2) is 15.0 Å². The molecule has 4 heterocycles. The van der Waals surface area contributed by atoms with Crippen LogP contribution < -0.4 is 10.6 Å². The first-order valence-corrected chi connectivity index (χ1v) is 19.6. The van der Waals surface area contributed by atoms with Crippen LogP contribution in [0.15, 0.2) is 154 Å². The first-order valence-electron chi connectivity index (χ1n) is 19.6. The van der Waals surface area contributed by atoms with Crippen molar-refractivity contribution in [3.8, 4) is 39.6 Å². The van der Waals surface area contributed by atoms with Crippen LogP contribution in [0.2, 0.25) is 0 Å². The Bertz CT molecular complexity index is 3350. The van der Waals surface area contributed by atoms with Gasteiger partial charge in [-0.15, -0.1) is 0 Å². The third kappa shape index (κ3) is 5.00. The van der Waals surface area contributed by atoms with Crippen LogP contribution in [0.5, 0.6) is 0 Å². The lowest BCUT2D eigenvalue weighted by Crippen LogP contribution is -2.27. The van der Waals surface area contributed by atoms with E-state index in [1.807, 2.05) is 60.7 Å². The maximum atomic E-state index is 6.96. The van der Waals surface area contributed by atoms with E-state index in [2.05, 4.69) is 102 Å². The summed E-state index contributed by atoms with van der Waals surface area (Å²) in [4.78, 5) is 15.1. The van der Waals surface area contributed by atoms with Crippen LogP contribution in [0.3, 0.4) is 0 Å². The van der Waals surface area contributed by atoms with Crippen LogP contribution in [-0.4, -0.2) is 19.5 Å². The van der Waals surface area contributed by atoms with Gasteiger partial charge in [0.1, 0.15) is 22.2 Å². The summed E-state index contributed by atoms with van der Waals surface area (Å²) in [5.74, 6) is 1.93. The van der Waals surface area contributed by atoms with E-state index < -0.39 is 0 Å². The van der Waals surface area contributed by atoms with E-state index in [1.54, 1.807) is 0 Å². The minimum atomic E-state index is 0.642. The Kier molecular flexibility index (Phi) is 7.08. The topological polar surface area (TPSA) is 69.9 Å². The number of hydrogen-bond donors (Lipinski definition) is 0. The molecule has 2 aliphatic rings. The van der Waals surface area contributed by atoms with E-state index >= 15 is 0 Å². The molecule has 6 nitrogen and oxygen atoms in total. The predicted molar refractivity (Wildman–Crippen MR) is 229 cm³/mol. The Morgan fingerprint density at radius 3 is 2.11 bits per heavy atom. The average molecular weight is 735 g/mol. The lowest BCUT2D eigenvalue weighted by molar-refractivity contribution is 0.568. The van der Waals surface area contributed by atoms with E-state index in [0.29, 0.717) is 17.5 Å². The second-order valence-corrected chi connectivity index (χ2v) is 14.9. The molecule has 4 aromatic heterocycles. The second kappa shape index (κ2) is 12.6. The molecule has 0 spiro atoms. The molecule has 0 atom stereocenters. The quantitative estimate of drug-likeness (QED) is 0.176. The zero-order valence-electron chi connectivity index (χ0n) is 30.9. The molecule has 0 fully saturated rings. The van der Waals surface area contributed by atoms with E-state index in [0.717, 1.165) is 103 Å². The molecule has 0 saturated carbocycles. The van der Waals surface area contributed by atoms with Gasteiger partial charge in [0.2, 0.25) is 0 Å². The van der Waals surface area contributed by atoms with Crippen molar-refractivity contribution in [2.75, 3.05) is 0 Å². The SMILES string of the molecule is C1=Cc2c(n(-c3cccc4oc5cc(-c6cccc7c8c(oc67)=C(c6nc(-c7ccccc7)nc(-c7ccccc7)n6)CCC=8)ccc5c34)c3ccccc23)CC1. The summed E-state index contributed by atoms with van der Waals surface area (Å²) < 4.78 is 16.1. The van der Waals surface area contributed by atoms with Gasteiger partial charge in [-0.1, -0.05) is 127 Å². The van der Waals surface area contributed by atoms with E-state index in [9.17, 15) is 0 Å². The number of rotatable bonds is 5. The largest absolute Gasteiger partial charge is 0.456 e. The Balaban J connectivity index is 1.03. The number of fused-ring (bicyclic) bond motifs is 9. The molecule has 10 aromatic rings. The Morgan fingerprint density at radius 2 is 1.28 bits per heavy atom. The van der Waals surface area contributed by atoms with Gasteiger partial charge in [-0.2, -0.15) is 0 Å². The summed E-state index contributed by atoms with van der Waals surface area (Å²) in [5, 5.41) is 5.66. The molecule has 2 aliphatic carbocycles. The molecule has 270 valence electrons. The van der Waals surface area contributed by atoms with Crippen LogP contribution in [-0.2, 0) is 6.42 Å². The lowest BCUT2D eigenvalue weighted by Gasteiger charge is -2.14. The minimum Gasteiger partial charge on any atom is -0.456 e. The molecular weight excluding hydrogens is 701 g/mol. The van der Waals surface area contributed by atoms with Crippen molar-refractivity contribution in [3.05, 3.63) is 173 Å². The molecule has 12 rings (SSSR count). The Labute approximate surface area is 327 Å². The maximum absolute atomic E-state index is 6.96. The van der Waals surface area contributed by atoms with Crippen molar-refractivity contribution in [1.29, 1.82) is 0 Å². The number of furan rings is 2. The first kappa shape index (κ1) is 32.0. The molecule has 0 N–H and O–H groups in total. The fourth-order valence-corrected chi connectivity index (χ4v) is 9.03. The summed E-state index contributed by atoms with van der Waals surface area (Å²) >= 11 is 0. The van der Waals surface area contributed by atoms with Gasteiger partial charge in [-0.3, -0.25) is 0 Å². The van der Waals surface area contributed by atoms with Crippen molar-refractivity contribution < 1.29 is 8.83 Å². The third-order valence-corrected chi connectivity index (χ3v) is 11.6. The van der Waals surface area contributed by atoms with Crippen molar-refractivity contribution in [2.45, 2.75) is 25.7 Å². The van der Waals surface area contributed by atoms with Gasteiger partial charge in [0.25, 0.3) is 0 Å². The van der Waals surface area contributed by atoms with E-state index in [4.69, 9.17) is 23.8 Å². The average Bonchev–Trinajstić information content (AvgIpc) is 3.96. The zero-order chi connectivity index (χ0) is 37.5. The van der Waals surface area contributed by atoms with E-state index in [1.165, 1.54) is 22.2 Å². The Hall–Kier alpha value is -7.31. The van der Waals surface area contributed by atoms with Gasteiger partial charge >= 0.3 is 0 Å². The van der Waals surface area contributed by atoms with E-state index in [-0.39, 0.29) is 0 Å². The number of benzene rings is 6. The highest BCUT2D eigenvalue weighted by atomic mass is 16.3. The Morgan fingerprint density at radius 1 is 0.544 bits per heavy atom. The van der Waals surface area contributed by atoms with Crippen LogP contribution >= 0.6 is 0 Å². The molecule has 6 aromatic carbocycles. The molecule has 0 aliphatic heterocycles. The number of allylic oxidation sites excluding steroid dienone is 1. The smallest absolute Gasteiger partial charge is 0.164 e. The highest BCUT2D eigenvalue weighted by Gasteiger charge is 2.23. The fourth-order valence-electron chi connectivity index (χ4n) is 9.03. The lowest BCUT2D eigenvalue weighted by atomic mass is 9.99. The third-order valence-electron chi connectivity index (χ3n) is 11.6. The summed E-state index contributed by atoms with van der Waals surface area (Å²) in [6.07, 6.45) is 10.5. The summed E-state index contributed by atoms with van der Waals surface area (Å²) in [6, 6.07) is 48.4. The highest BCUT2D eigenvalue weighted by molar-refractivity contribution is 6.11. The predicted octanol–water partition coefficient (Wildman–Crippen LogP) is 11.2. The van der Waals surface area contributed by atoms with Crippen LogP contribution in [0.25, 0.3) is 101 Å². The number of aromatic nitrogens is 4. The van der Waals surface area contributed by atoms with Crippen molar-refractivity contribution >= 4 is 61.5 Å². The van der Waals surface area contributed by atoms with Gasteiger partial charge in [0.05, 0.1) is 16.6 Å². The molecule has 0 radical (unpaired) electrons.